The SMILES string of the molecule is COC1=Cc2ccccc2N(CCCOc2ccc(CC(OC)C(=O)O)cc2)c2ccccc21. The highest BCUT2D eigenvalue weighted by molar-refractivity contribution is 5.92. The largest absolute Gasteiger partial charge is 0.496 e. The summed E-state index contributed by atoms with van der Waals surface area (Å²) in [5.74, 6) is 0.640. The molecule has 1 aliphatic rings. The van der Waals surface area contributed by atoms with Crippen molar-refractivity contribution in [3.8, 4) is 5.75 Å². The van der Waals surface area contributed by atoms with Crippen LogP contribution in [0.1, 0.15) is 23.1 Å². The molecule has 0 aromatic heterocycles. The Morgan fingerprint density at radius 2 is 1.65 bits per heavy atom. The van der Waals surface area contributed by atoms with Gasteiger partial charge in [-0.2, -0.15) is 0 Å². The molecule has 0 fully saturated rings. The van der Waals surface area contributed by atoms with Crippen molar-refractivity contribution in [3.63, 3.8) is 0 Å². The standard InChI is InChI=1S/C28H29NO5/c1-32-26-19-21-8-3-5-10-24(21)29(25-11-6-4-9-23(25)26)16-7-17-34-22-14-12-20(13-15-22)18-27(33-2)28(30)31/h3-6,8-15,19,27H,7,16-18H2,1-2H3,(H,30,31). The van der Waals surface area contributed by atoms with E-state index in [9.17, 15) is 4.79 Å². The highest BCUT2D eigenvalue weighted by Crippen LogP contribution is 2.39. The second kappa shape index (κ2) is 10.9. The number of fused-ring (bicyclic) bond motifs is 2. The number of aliphatic carboxylic acids is 1. The van der Waals surface area contributed by atoms with Crippen LogP contribution in [0.2, 0.25) is 0 Å². The van der Waals surface area contributed by atoms with Crippen LogP contribution in [0.5, 0.6) is 5.75 Å². The van der Waals surface area contributed by atoms with Crippen molar-refractivity contribution in [1.82, 2.24) is 0 Å². The van der Waals surface area contributed by atoms with E-state index in [0.29, 0.717) is 13.0 Å². The maximum Gasteiger partial charge on any atom is 0.333 e. The van der Waals surface area contributed by atoms with Gasteiger partial charge in [-0.3, -0.25) is 0 Å². The lowest BCUT2D eigenvalue weighted by Gasteiger charge is -2.27. The summed E-state index contributed by atoms with van der Waals surface area (Å²) in [6, 6.07) is 24.1. The average Bonchev–Trinajstić information content (AvgIpc) is 3.00. The lowest BCUT2D eigenvalue weighted by atomic mass is 10.1. The van der Waals surface area contributed by atoms with Crippen molar-refractivity contribution in [2.45, 2.75) is 18.9 Å². The first-order valence-electron chi connectivity index (χ1n) is 11.3. The van der Waals surface area contributed by atoms with Crippen LogP contribution in [0.15, 0.2) is 72.8 Å². The first-order chi connectivity index (χ1) is 16.6. The summed E-state index contributed by atoms with van der Waals surface area (Å²) in [5.41, 5.74) is 5.31. The highest BCUT2D eigenvalue weighted by atomic mass is 16.5. The van der Waals surface area contributed by atoms with E-state index in [4.69, 9.17) is 19.3 Å². The molecule has 1 N–H and O–H groups in total. The molecule has 0 amide bonds. The molecule has 1 atom stereocenters. The second-order valence-electron chi connectivity index (χ2n) is 8.05. The molecule has 0 spiro atoms. The quantitative estimate of drug-likeness (QED) is 0.410. The molecular weight excluding hydrogens is 430 g/mol. The summed E-state index contributed by atoms with van der Waals surface area (Å²) in [4.78, 5) is 13.5. The summed E-state index contributed by atoms with van der Waals surface area (Å²) < 4.78 is 16.7. The summed E-state index contributed by atoms with van der Waals surface area (Å²) in [6.45, 7) is 1.34. The van der Waals surface area contributed by atoms with Gasteiger partial charge < -0.3 is 24.2 Å². The lowest BCUT2D eigenvalue weighted by molar-refractivity contribution is -0.148. The number of ether oxygens (including phenoxy) is 3. The van der Waals surface area contributed by atoms with Crippen molar-refractivity contribution in [3.05, 3.63) is 89.5 Å². The Morgan fingerprint density at radius 3 is 2.35 bits per heavy atom. The van der Waals surface area contributed by atoms with E-state index in [-0.39, 0.29) is 0 Å². The number of hydrogen-bond donors (Lipinski definition) is 1. The molecule has 0 aliphatic carbocycles. The van der Waals surface area contributed by atoms with Crippen LogP contribution >= 0.6 is 0 Å². The summed E-state index contributed by atoms with van der Waals surface area (Å²) in [5, 5.41) is 9.14. The Morgan fingerprint density at radius 1 is 0.941 bits per heavy atom. The fraction of sp³-hybridized carbons (Fsp3) is 0.250. The molecule has 6 heteroatoms. The minimum Gasteiger partial charge on any atom is -0.496 e. The number of rotatable bonds is 10. The van der Waals surface area contributed by atoms with E-state index in [1.54, 1.807) is 7.11 Å². The van der Waals surface area contributed by atoms with Gasteiger partial charge in [0, 0.05) is 36.9 Å². The zero-order valence-electron chi connectivity index (χ0n) is 19.4. The van der Waals surface area contributed by atoms with Crippen LogP contribution in [0, 0.1) is 0 Å². The third-order valence-electron chi connectivity index (χ3n) is 5.89. The predicted octanol–water partition coefficient (Wildman–Crippen LogP) is 5.39. The summed E-state index contributed by atoms with van der Waals surface area (Å²) >= 11 is 0. The molecule has 0 radical (unpaired) electrons. The third kappa shape index (κ3) is 5.24. The molecule has 0 saturated carbocycles. The maximum atomic E-state index is 11.2. The van der Waals surface area contributed by atoms with Crippen molar-refractivity contribution in [1.29, 1.82) is 0 Å². The van der Waals surface area contributed by atoms with Gasteiger partial charge in [-0.05, 0) is 48.4 Å². The van der Waals surface area contributed by atoms with Crippen molar-refractivity contribution < 1.29 is 24.1 Å². The Balaban J connectivity index is 1.41. The molecule has 3 aromatic rings. The first-order valence-corrected chi connectivity index (χ1v) is 11.3. The topological polar surface area (TPSA) is 68.2 Å². The molecule has 6 nitrogen and oxygen atoms in total. The Bertz CT molecular complexity index is 1160. The van der Waals surface area contributed by atoms with Gasteiger partial charge in [0.05, 0.1) is 19.4 Å². The van der Waals surface area contributed by atoms with E-state index in [1.807, 2.05) is 42.5 Å². The minimum absolute atomic E-state index is 0.317. The van der Waals surface area contributed by atoms with Crippen molar-refractivity contribution in [2.75, 3.05) is 32.3 Å². The molecule has 1 heterocycles. The zero-order valence-corrected chi connectivity index (χ0v) is 19.4. The fourth-order valence-electron chi connectivity index (χ4n) is 4.15. The van der Waals surface area contributed by atoms with Gasteiger partial charge in [0.15, 0.2) is 6.10 Å². The van der Waals surface area contributed by atoms with Crippen molar-refractivity contribution in [2.24, 2.45) is 0 Å². The number of nitrogens with zero attached hydrogens (tertiary/aromatic N) is 1. The Kier molecular flexibility index (Phi) is 7.50. The van der Waals surface area contributed by atoms with Gasteiger partial charge in [-0.1, -0.05) is 42.5 Å². The highest BCUT2D eigenvalue weighted by Gasteiger charge is 2.21. The fourth-order valence-corrected chi connectivity index (χ4v) is 4.15. The van der Waals surface area contributed by atoms with Crippen LogP contribution in [0.25, 0.3) is 11.8 Å². The van der Waals surface area contributed by atoms with E-state index in [0.717, 1.165) is 52.5 Å². The maximum absolute atomic E-state index is 11.2. The van der Waals surface area contributed by atoms with Crippen LogP contribution < -0.4 is 9.64 Å². The van der Waals surface area contributed by atoms with Gasteiger partial charge in [0.2, 0.25) is 0 Å². The zero-order chi connectivity index (χ0) is 23.9. The number of methoxy groups -OCH3 is 2. The number of para-hydroxylation sites is 2. The Hall–Kier alpha value is -3.77. The molecule has 1 aliphatic heterocycles. The van der Waals surface area contributed by atoms with Gasteiger partial charge in [0.1, 0.15) is 11.5 Å². The molecule has 1 unspecified atom stereocenters. The number of benzene rings is 3. The average molecular weight is 460 g/mol. The number of carboxylic acid groups (broad SMARTS) is 1. The molecule has 3 aromatic carbocycles. The third-order valence-corrected chi connectivity index (χ3v) is 5.89. The van der Waals surface area contributed by atoms with E-state index < -0.39 is 12.1 Å². The van der Waals surface area contributed by atoms with Crippen LogP contribution in [0.3, 0.4) is 0 Å². The lowest BCUT2D eigenvalue weighted by Crippen LogP contribution is -2.24. The monoisotopic (exact) mass is 459 g/mol. The number of carbonyl (C=O) groups is 1. The van der Waals surface area contributed by atoms with Gasteiger partial charge in [0.25, 0.3) is 0 Å². The van der Waals surface area contributed by atoms with Gasteiger partial charge in [-0.15, -0.1) is 0 Å². The van der Waals surface area contributed by atoms with Crippen molar-refractivity contribution >= 4 is 29.2 Å². The van der Waals surface area contributed by atoms with E-state index in [2.05, 4.69) is 41.3 Å². The molecular formula is C28H29NO5. The van der Waals surface area contributed by atoms with Crippen LogP contribution in [-0.2, 0) is 20.7 Å². The number of anilines is 2. The van der Waals surface area contributed by atoms with E-state index >= 15 is 0 Å². The van der Waals surface area contributed by atoms with Gasteiger partial charge >= 0.3 is 5.97 Å². The minimum atomic E-state index is -0.965. The normalized spacial score (nSPS) is 13.2. The number of hydrogen-bond acceptors (Lipinski definition) is 5. The Labute approximate surface area is 200 Å². The van der Waals surface area contributed by atoms with E-state index in [1.165, 1.54) is 7.11 Å². The van der Waals surface area contributed by atoms with Crippen LogP contribution in [0.4, 0.5) is 11.4 Å². The molecule has 176 valence electrons. The molecule has 4 rings (SSSR count). The first kappa shape index (κ1) is 23.4. The predicted molar refractivity (Wildman–Crippen MR) is 133 cm³/mol. The van der Waals surface area contributed by atoms with Crippen LogP contribution in [-0.4, -0.2) is 44.6 Å². The smallest absolute Gasteiger partial charge is 0.333 e. The number of carboxylic acids is 1. The second-order valence-corrected chi connectivity index (χ2v) is 8.05. The van der Waals surface area contributed by atoms with Gasteiger partial charge in [-0.25, -0.2) is 4.79 Å². The molecule has 0 bridgehead atoms. The summed E-state index contributed by atoms with van der Waals surface area (Å²) in [7, 11) is 3.11. The summed E-state index contributed by atoms with van der Waals surface area (Å²) in [6.07, 6.45) is 2.37. The molecule has 0 saturated heterocycles. The molecule has 34 heavy (non-hydrogen) atoms.